The molecule has 1 saturated heterocycles. The van der Waals surface area contributed by atoms with Crippen LogP contribution in [0, 0.1) is 0 Å². The maximum absolute atomic E-state index is 12.5. The molecule has 0 bridgehead atoms. The second-order valence-electron chi connectivity index (χ2n) is 6.96. The molecule has 0 atom stereocenters. The number of hydrogen-bond acceptors (Lipinski definition) is 2. The van der Waals surface area contributed by atoms with Crippen LogP contribution < -0.4 is 0 Å². The van der Waals surface area contributed by atoms with Crippen LogP contribution >= 0.6 is 0 Å². The summed E-state index contributed by atoms with van der Waals surface area (Å²) in [7, 11) is 0. The monoisotopic (exact) mass is 346 g/mol. The highest BCUT2D eigenvalue weighted by molar-refractivity contribution is 5.74. The molecule has 2 amide bonds. The average Bonchev–Trinajstić information content (AvgIpc) is 2.65. The molecule has 4 nitrogen and oxygen atoms in total. The second kappa shape index (κ2) is 11.9. The summed E-state index contributed by atoms with van der Waals surface area (Å²) < 4.78 is 0. The van der Waals surface area contributed by atoms with Gasteiger partial charge in [-0.05, 0) is 18.4 Å². The van der Waals surface area contributed by atoms with Crippen molar-refractivity contribution in [1.29, 1.82) is 0 Å². The van der Waals surface area contributed by atoms with Crippen molar-refractivity contribution >= 4 is 6.03 Å². The summed E-state index contributed by atoms with van der Waals surface area (Å²) in [6.07, 6.45) is 11.3. The van der Waals surface area contributed by atoms with E-state index >= 15 is 0 Å². The van der Waals surface area contributed by atoms with Gasteiger partial charge in [0.05, 0.1) is 6.54 Å². The van der Waals surface area contributed by atoms with Gasteiger partial charge in [0.25, 0.3) is 0 Å². The van der Waals surface area contributed by atoms with Gasteiger partial charge in [-0.15, -0.1) is 0 Å². The van der Waals surface area contributed by atoms with E-state index in [1.54, 1.807) is 5.06 Å². The average molecular weight is 347 g/mol. The predicted molar refractivity (Wildman–Crippen MR) is 102 cm³/mol. The van der Waals surface area contributed by atoms with E-state index in [0.717, 1.165) is 31.5 Å². The third-order valence-corrected chi connectivity index (χ3v) is 4.78. The molecule has 1 heterocycles. The minimum absolute atomic E-state index is 0.0325. The summed E-state index contributed by atoms with van der Waals surface area (Å²) >= 11 is 0. The van der Waals surface area contributed by atoms with Crippen LogP contribution in [0.15, 0.2) is 30.3 Å². The zero-order chi connectivity index (χ0) is 17.7. The highest BCUT2D eigenvalue weighted by Gasteiger charge is 2.25. The fraction of sp³-hybridized carbons (Fsp3) is 0.667. The van der Waals surface area contributed by atoms with Crippen molar-refractivity contribution in [2.24, 2.45) is 0 Å². The maximum atomic E-state index is 12.5. The van der Waals surface area contributed by atoms with E-state index in [9.17, 15) is 4.79 Å². The van der Waals surface area contributed by atoms with Crippen LogP contribution in [0.2, 0.25) is 0 Å². The van der Waals surface area contributed by atoms with Gasteiger partial charge in [0.2, 0.25) is 0 Å². The summed E-state index contributed by atoms with van der Waals surface area (Å²) in [5.74, 6) is 0. The molecule has 0 radical (unpaired) electrons. The van der Waals surface area contributed by atoms with Gasteiger partial charge in [-0.2, -0.15) is 0 Å². The van der Waals surface area contributed by atoms with Crippen molar-refractivity contribution in [1.82, 2.24) is 9.96 Å². The number of carbonyl (C=O) groups excluding carboxylic acids is 1. The van der Waals surface area contributed by atoms with Gasteiger partial charge in [-0.1, -0.05) is 82.2 Å². The molecular weight excluding hydrogens is 312 g/mol. The summed E-state index contributed by atoms with van der Waals surface area (Å²) in [4.78, 5) is 20.2. The Labute approximate surface area is 153 Å². The van der Waals surface area contributed by atoms with E-state index in [4.69, 9.17) is 4.84 Å². The molecule has 0 unspecified atom stereocenters. The van der Waals surface area contributed by atoms with Crippen molar-refractivity contribution in [3.63, 3.8) is 0 Å². The topological polar surface area (TPSA) is 32.8 Å². The molecular formula is C21H34N2O2. The molecule has 1 aromatic rings. The first kappa shape index (κ1) is 19.8. The zero-order valence-corrected chi connectivity index (χ0v) is 15.8. The molecule has 1 aromatic carbocycles. The molecule has 2 rings (SSSR count). The number of hydrogen-bond donors (Lipinski definition) is 0. The lowest BCUT2D eigenvalue weighted by Crippen LogP contribution is -2.49. The molecule has 4 heteroatoms. The van der Waals surface area contributed by atoms with Gasteiger partial charge in [0.1, 0.15) is 6.61 Å². The third kappa shape index (κ3) is 7.47. The number of nitrogens with zero attached hydrogens (tertiary/aromatic N) is 2. The van der Waals surface area contributed by atoms with Crippen LogP contribution in [0.25, 0.3) is 0 Å². The summed E-state index contributed by atoms with van der Waals surface area (Å²) in [6.45, 7) is 5.12. The van der Waals surface area contributed by atoms with Gasteiger partial charge in [-0.3, -0.25) is 4.84 Å². The summed E-state index contributed by atoms with van der Waals surface area (Å²) in [5, 5.41) is 1.54. The Balaban J connectivity index is 1.60. The van der Waals surface area contributed by atoms with Gasteiger partial charge < -0.3 is 4.90 Å². The number of hydroxylamine groups is 2. The minimum Gasteiger partial charge on any atom is -0.323 e. The number of unbranched alkanes of at least 4 members (excludes halogenated alkanes) is 7. The molecule has 140 valence electrons. The first-order chi connectivity index (χ1) is 12.3. The lowest BCUT2D eigenvalue weighted by atomic mass is 10.1. The highest BCUT2D eigenvalue weighted by atomic mass is 16.7. The molecule has 0 aromatic heterocycles. The molecule has 0 spiro atoms. The first-order valence-electron chi connectivity index (χ1n) is 10.0. The standard InChI is InChI=1S/C21H34N2O2/c1-2-3-4-5-6-7-8-12-16-22-17-13-18-23(21(22)24)25-19-20-14-10-9-11-15-20/h9-11,14-15H,2-8,12-13,16-19H2,1H3. The van der Waals surface area contributed by atoms with Gasteiger partial charge in [0.15, 0.2) is 0 Å². The Morgan fingerprint density at radius 2 is 1.60 bits per heavy atom. The Kier molecular flexibility index (Phi) is 9.42. The van der Waals surface area contributed by atoms with Crippen LogP contribution in [0.3, 0.4) is 0 Å². The fourth-order valence-corrected chi connectivity index (χ4v) is 3.24. The highest BCUT2D eigenvalue weighted by Crippen LogP contribution is 2.14. The lowest BCUT2D eigenvalue weighted by molar-refractivity contribution is -0.145. The molecule has 1 aliphatic heterocycles. The van der Waals surface area contributed by atoms with Gasteiger partial charge >= 0.3 is 6.03 Å². The van der Waals surface area contributed by atoms with E-state index in [-0.39, 0.29) is 6.03 Å². The first-order valence-corrected chi connectivity index (χ1v) is 10.0. The predicted octanol–water partition coefficient (Wildman–Crippen LogP) is 5.39. The van der Waals surface area contributed by atoms with Gasteiger partial charge in [0, 0.05) is 13.1 Å². The largest absolute Gasteiger partial charge is 0.343 e. The second-order valence-corrected chi connectivity index (χ2v) is 6.96. The Morgan fingerprint density at radius 1 is 0.920 bits per heavy atom. The number of rotatable bonds is 12. The van der Waals surface area contributed by atoms with Crippen LogP contribution in [0.1, 0.15) is 70.3 Å². The van der Waals surface area contributed by atoms with Crippen molar-refractivity contribution in [2.75, 3.05) is 19.6 Å². The number of benzene rings is 1. The van der Waals surface area contributed by atoms with E-state index < -0.39 is 0 Å². The fourth-order valence-electron chi connectivity index (χ4n) is 3.24. The van der Waals surface area contributed by atoms with Gasteiger partial charge in [-0.25, -0.2) is 9.86 Å². The molecule has 0 aliphatic carbocycles. The lowest BCUT2D eigenvalue weighted by Gasteiger charge is -2.34. The smallest absolute Gasteiger partial charge is 0.323 e. The SMILES string of the molecule is CCCCCCCCCCN1CCCN(OCc2ccccc2)C1=O. The number of carbonyl (C=O) groups is 1. The molecule has 0 saturated carbocycles. The van der Waals surface area contributed by atoms with Crippen molar-refractivity contribution in [2.45, 2.75) is 71.3 Å². The number of urea groups is 1. The minimum atomic E-state index is 0.0325. The van der Waals surface area contributed by atoms with Crippen molar-refractivity contribution in [3.8, 4) is 0 Å². The van der Waals surface area contributed by atoms with Crippen LogP contribution in [0.4, 0.5) is 4.79 Å². The van der Waals surface area contributed by atoms with Crippen LogP contribution in [-0.2, 0) is 11.4 Å². The van der Waals surface area contributed by atoms with Crippen LogP contribution in [-0.4, -0.2) is 35.6 Å². The Hall–Kier alpha value is -1.55. The quantitative estimate of drug-likeness (QED) is 0.476. The maximum Gasteiger partial charge on any atom is 0.343 e. The van der Waals surface area contributed by atoms with Crippen LogP contribution in [0.5, 0.6) is 0 Å². The molecule has 25 heavy (non-hydrogen) atoms. The Bertz CT molecular complexity index is 478. The summed E-state index contributed by atoms with van der Waals surface area (Å²) in [5.41, 5.74) is 1.09. The zero-order valence-electron chi connectivity index (χ0n) is 15.8. The molecule has 0 N–H and O–H groups in total. The number of amides is 2. The van der Waals surface area contributed by atoms with E-state index in [0.29, 0.717) is 13.2 Å². The molecule has 1 fully saturated rings. The van der Waals surface area contributed by atoms with E-state index in [1.807, 2.05) is 35.2 Å². The van der Waals surface area contributed by atoms with E-state index in [2.05, 4.69) is 6.92 Å². The van der Waals surface area contributed by atoms with Crippen molar-refractivity contribution in [3.05, 3.63) is 35.9 Å². The summed E-state index contributed by atoms with van der Waals surface area (Å²) in [6, 6.07) is 10.0. The van der Waals surface area contributed by atoms with E-state index in [1.165, 1.54) is 44.9 Å². The normalized spacial score (nSPS) is 15.0. The Morgan fingerprint density at radius 3 is 2.32 bits per heavy atom. The molecule has 1 aliphatic rings. The van der Waals surface area contributed by atoms with Crippen molar-refractivity contribution < 1.29 is 9.63 Å². The third-order valence-electron chi connectivity index (χ3n) is 4.78.